The van der Waals surface area contributed by atoms with Crippen LogP contribution in [0, 0.1) is 0 Å². The van der Waals surface area contributed by atoms with Gasteiger partial charge in [0.25, 0.3) is 0 Å². The zero-order chi connectivity index (χ0) is 20.1. The van der Waals surface area contributed by atoms with E-state index in [4.69, 9.17) is 23.7 Å². The number of esters is 1. The molecule has 160 valence electrons. The van der Waals surface area contributed by atoms with E-state index in [1.807, 2.05) is 0 Å². The van der Waals surface area contributed by atoms with Gasteiger partial charge >= 0.3 is 5.97 Å². The van der Waals surface area contributed by atoms with Crippen molar-refractivity contribution in [2.24, 2.45) is 0 Å². The second kappa shape index (κ2) is 14.3. The Hall–Kier alpha value is -0.730. The number of aliphatic hydroxyl groups excluding tert-OH is 1. The highest BCUT2D eigenvalue weighted by atomic mass is 16.7. The first-order valence-electron chi connectivity index (χ1n) is 10.4. The number of carbonyl (C=O) groups is 1. The normalized spacial score (nSPS) is 28.3. The van der Waals surface area contributed by atoms with E-state index in [9.17, 15) is 9.90 Å². The summed E-state index contributed by atoms with van der Waals surface area (Å²) in [6, 6.07) is 0. The van der Waals surface area contributed by atoms with E-state index in [0.717, 1.165) is 38.5 Å². The van der Waals surface area contributed by atoms with Gasteiger partial charge in [0.05, 0.1) is 6.61 Å². The monoisotopic (exact) mass is 390 g/mol. The Balaban J connectivity index is 2.88. The number of carbonyl (C=O) groups excluding carboxylic acids is 1. The van der Waals surface area contributed by atoms with Crippen LogP contribution in [0.25, 0.3) is 0 Å². The lowest BCUT2D eigenvalue weighted by Crippen LogP contribution is -2.61. The highest BCUT2D eigenvalue weighted by molar-refractivity contribution is 5.66. The molecule has 0 aromatic carbocycles. The summed E-state index contributed by atoms with van der Waals surface area (Å²) in [5.41, 5.74) is 0. The fourth-order valence-corrected chi connectivity index (χ4v) is 2.91. The average Bonchev–Trinajstić information content (AvgIpc) is 2.63. The van der Waals surface area contributed by atoms with E-state index in [1.165, 1.54) is 6.92 Å². The molecule has 7 heteroatoms. The van der Waals surface area contributed by atoms with Crippen molar-refractivity contribution >= 4 is 5.97 Å². The molecule has 1 aliphatic heterocycles. The van der Waals surface area contributed by atoms with Gasteiger partial charge in [-0.2, -0.15) is 0 Å². The van der Waals surface area contributed by atoms with Gasteiger partial charge in [-0.25, -0.2) is 0 Å². The summed E-state index contributed by atoms with van der Waals surface area (Å²) in [4.78, 5) is 11.5. The van der Waals surface area contributed by atoms with Gasteiger partial charge in [-0.1, -0.05) is 40.0 Å². The number of unbranched alkanes of at least 4 members (excludes halogenated alkanes) is 3. The summed E-state index contributed by atoms with van der Waals surface area (Å²) in [5.74, 6) is -0.489. The van der Waals surface area contributed by atoms with Crippen molar-refractivity contribution in [1.82, 2.24) is 0 Å². The van der Waals surface area contributed by atoms with Crippen molar-refractivity contribution in [1.29, 1.82) is 0 Å². The van der Waals surface area contributed by atoms with Gasteiger partial charge in [-0.15, -0.1) is 0 Å². The van der Waals surface area contributed by atoms with Crippen LogP contribution in [0.1, 0.15) is 66.2 Å². The molecular weight excluding hydrogens is 352 g/mol. The zero-order valence-electron chi connectivity index (χ0n) is 17.4. The largest absolute Gasteiger partial charge is 0.454 e. The fraction of sp³-hybridized carbons (Fsp3) is 0.950. The van der Waals surface area contributed by atoms with E-state index in [-0.39, 0.29) is 0 Å². The minimum absolute atomic E-state index is 0.300. The molecule has 1 heterocycles. The maximum absolute atomic E-state index is 11.5. The Labute approximate surface area is 163 Å². The number of aliphatic hydroxyl groups is 1. The van der Waals surface area contributed by atoms with E-state index in [0.29, 0.717) is 26.4 Å². The summed E-state index contributed by atoms with van der Waals surface area (Å²) in [5, 5.41) is 10.4. The van der Waals surface area contributed by atoms with Gasteiger partial charge in [0, 0.05) is 26.7 Å². The predicted molar refractivity (Wildman–Crippen MR) is 101 cm³/mol. The third-order valence-corrected chi connectivity index (χ3v) is 4.45. The molecule has 1 fully saturated rings. The molecule has 1 saturated heterocycles. The fourth-order valence-electron chi connectivity index (χ4n) is 2.91. The maximum atomic E-state index is 11.5. The first-order valence-corrected chi connectivity index (χ1v) is 10.4. The molecule has 0 aromatic rings. The summed E-state index contributed by atoms with van der Waals surface area (Å²) in [6.45, 7) is 9.55. The van der Waals surface area contributed by atoms with Gasteiger partial charge < -0.3 is 28.8 Å². The third-order valence-electron chi connectivity index (χ3n) is 4.45. The standard InChI is InChI=1S/C20H38O7/c1-5-8-11-23-14-16-17(24-12-9-6-2)18(25-13-10-7-3)19(20(22)27-16)26-15(4)21/h16-20,22H,5-14H2,1-4H3/t16?,17-,18?,19-,20+/m1/s1. The summed E-state index contributed by atoms with van der Waals surface area (Å²) >= 11 is 0. The predicted octanol–water partition coefficient (Wildman–Crippen LogP) is 2.82. The lowest BCUT2D eigenvalue weighted by atomic mass is 9.98. The molecule has 0 aromatic heterocycles. The van der Waals surface area contributed by atoms with Crippen molar-refractivity contribution in [3.05, 3.63) is 0 Å². The second-order valence-electron chi connectivity index (χ2n) is 6.95. The lowest BCUT2D eigenvalue weighted by molar-refractivity contribution is -0.306. The van der Waals surface area contributed by atoms with Crippen molar-refractivity contribution in [2.75, 3.05) is 26.4 Å². The maximum Gasteiger partial charge on any atom is 0.303 e. The van der Waals surface area contributed by atoms with Crippen molar-refractivity contribution in [3.63, 3.8) is 0 Å². The molecule has 27 heavy (non-hydrogen) atoms. The Morgan fingerprint density at radius 2 is 1.44 bits per heavy atom. The highest BCUT2D eigenvalue weighted by Crippen LogP contribution is 2.28. The zero-order valence-corrected chi connectivity index (χ0v) is 17.4. The molecule has 1 aliphatic rings. The average molecular weight is 391 g/mol. The summed E-state index contributed by atoms with van der Waals surface area (Å²) < 4.78 is 28.8. The van der Waals surface area contributed by atoms with Gasteiger partial charge in [0.1, 0.15) is 18.3 Å². The molecule has 0 spiro atoms. The summed E-state index contributed by atoms with van der Waals surface area (Å²) in [6.07, 6.45) is 2.03. The second-order valence-corrected chi connectivity index (χ2v) is 6.95. The smallest absolute Gasteiger partial charge is 0.303 e. The Morgan fingerprint density at radius 3 is 2.00 bits per heavy atom. The van der Waals surface area contributed by atoms with Gasteiger partial charge in [0.15, 0.2) is 12.4 Å². The topological polar surface area (TPSA) is 83.5 Å². The molecule has 1 N–H and O–H groups in total. The van der Waals surface area contributed by atoms with E-state index < -0.39 is 36.7 Å². The van der Waals surface area contributed by atoms with E-state index >= 15 is 0 Å². The third kappa shape index (κ3) is 8.87. The van der Waals surface area contributed by atoms with Crippen molar-refractivity contribution < 1.29 is 33.6 Å². The minimum atomic E-state index is -1.27. The Bertz CT molecular complexity index is 391. The van der Waals surface area contributed by atoms with Crippen LogP contribution in [0.4, 0.5) is 0 Å². The van der Waals surface area contributed by atoms with Crippen LogP contribution in [0.15, 0.2) is 0 Å². The molecule has 7 nitrogen and oxygen atoms in total. The highest BCUT2D eigenvalue weighted by Gasteiger charge is 2.48. The van der Waals surface area contributed by atoms with Crippen LogP contribution in [-0.4, -0.2) is 68.2 Å². The Morgan fingerprint density at radius 1 is 0.889 bits per heavy atom. The SMILES string of the molecule is CCCCOCC1O[C@H](O)[C@H](OC(C)=O)C(OCCCC)[C@@H]1OCCCC. The van der Waals surface area contributed by atoms with E-state index in [2.05, 4.69) is 20.8 Å². The van der Waals surface area contributed by atoms with Crippen LogP contribution in [0.2, 0.25) is 0 Å². The molecule has 2 unspecified atom stereocenters. The molecule has 5 atom stereocenters. The number of hydrogen-bond donors (Lipinski definition) is 1. The molecule has 0 radical (unpaired) electrons. The quantitative estimate of drug-likeness (QED) is 0.361. The molecule has 0 aliphatic carbocycles. The molecule has 0 saturated carbocycles. The summed E-state index contributed by atoms with van der Waals surface area (Å²) in [7, 11) is 0. The van der Waals surface area contributed by atoms with Crippen LogP contribution in [0.5, 0.6) is 0 Å². The van der Waals surface area contributed by atoms with Crippen molar-refractivity contribution in [3.8, 4) is 0 Å². The van der Waals surface area contributed by atoms with Crippen LogP contribution < -0.4 is 0 Å². The molecule has 0 bridgehead atoms. The number of rotatable bonds is 14. The molecule has 1 rings (SSSR count). The van der Waals surface area contributed by atoms with E-state index in [1.54, 1.807) is 0 Å². The Kier molecular flexibility index (Phi) is 12.9. The van der Waals surface area contributed by atoms with Crippen molar-refractivity contribution in [2.45, 2.75) is 96.9 Å². The lowest BCUT2D eigenvalue weighted by Gasteiger charge is -2.44. The van der Waals surface area contributed by atoms with Gasteiger partial charge in [0.2, 0.25) is 0 Å². The molecule has 0 amide bonds. The minimum Gasteiger partial charge on any atom is -0.454 e. The number of hydrogen-bond acceptors (Lipinski definition) is 7. The van der Waals surface area contributed by atoms with Gasteiger partial charge in [-0.05, 0) is 19.3 Å². The van der Waals surface area contributed by atoms with Crippen LogP contribution >= 0.6 is 0 Å². The van der Waals surface area contributed by atoms with Crippen LogP contribution in [-0.2, 0) is 28.5 Å². The van der Waals surface area contributed by atoms with Crippen LogP contribution in [0.3, 0.4) is 0 Å². The number of ether oxygens (including phenoxy) is 5. The molecular formula is C20H38O7. The first-order chi connectivity index (χ1) is 13.0. The van der Waals surface area contributed by atoms with Gasteiger partial charge in [-0.3, -0.25) is 4.79 Å². The first kappa shape index (κ1) is 24.3.